The van der Waals surface area contributed by atoms with Gasteiger partial charge in [-0.25, -0.2) is 13.6 Å². The van der Waals surface area contributed by atoms with Crippen molar-refractivity contribution in [1.82, 2.24) is 0 Å². The molecule has 2 N–H and O–H groups in total. The third kappa shape index (κ3) is 2.85. The zero-order chi connectivity index (χ0) is 14.2. The van der Waals surface area contributed by atoms with Gasteiger partial charge in [-0.05, 0) is 25.0 Å². The Morgan fingerprint density at radius 3 is 2.68 bits per heavy atom. The average Bonchev–Trinajstić information content (AvgIpc) is 2.77. The average molecular weight is 285 g/mol. The molecule has 7 nitrogen and oxygen atoms in total. The Morgan fingerprint density at radius 2 is 2.16 bits per heavy atom. The van der Waals surface area contributed by atoms with E-state index in [9.17, 15) is 18.5 Å². The molecule has 0 spiro atoms. The SMILES string of the molecule is Cc1ccc([N+](=O)[O-])c(N2CC[C@H](S(N)(=O)=O)C2)c1. The summed E-state index contributed by atoms with van der Waals surface area (Å²) in [5.74, 6) is 0. The van der Waals surface area contributed by atoms with Crippen LogP contribution in [0.15, 0.2) is 18.2 Å². The molecular formula is C11H15N3O4S. The highest BCUT2D eigenvalue weighted by Crippen LogP contribution is 2.32. The number of hydrogen-bond acceptors (Lipinski definition) is 5. The van der Waals surface area contributed by atoms with Crippen LogP contribution in [0.5, 0.6) is 0 Å². The number of anilines is 1. The van der Waals surface area contributed by atoms with Crippen LogP contribution in [0.1, 0.15) is 12.0 Å². The van der Waals surface area contributed by atoms with Crippen molar-refractivity contribution in [3.63, 3.8) is 0 Å². The van der Waals surface area contributed by atoms with E-state index >= 15 is 0 Å². The number of rotatable bonds is 3. The van der Waals surface area contributed by atoms with E-state index in [0.717, 1.165) is 5.56 Å². The lowest BCUT2D eigenvalue weighted by atomic mass is 10.2. The summed E-state index contributed by atoms with van der Waals surface area (Å²) in [7, 11) is -3.60. The molecule has 0 radical (unpaired) electrons. The number of nitro benzene ring substituents is 1. The Bertz CT molecular complexity index is 614. The van der Waals surface area contributed by atoms with Crippen molar-refractivity contribution in [1.29, 1.82) is 0 Å². The van der Waals surface area contributed by atoms with Gasteiger partial charge in [0.25, 0.3) is 5.69 Å². The second kappa shape index (κ2) is 4.78. The normalized spacial score (nSPS) is 19.7. The second-order valence-corrected chi connectivity index (χ2v) is 6.54. The van der Waals surface area contributed by atoms with Gasteiger partial charge in [0.15, 0.2) is 0 Å². The van der Waals surface area contributed by atoms with Gasteiger partial charge in [-0.15, -0.1) is 0 Å². The molecule has 19 heavy (non-hydrogen) atoms. The maximum Gasteiger partial charge on any atom is 0.292 e. The largest absolute Gasteiger partial charge is 0.365 e. The molecule has 0 unspecified atom stereocenters. The van der Waals surface area contributed by atoms with Crippen LogP contribution < -0.4 is 10.0 Å². The van der Waals surface area contributed by atoms with Gasteiger partial charge in [0.1, 0.15) is 5.69 Å². The Morgan fingerprint density at radius 1 is 1.47 bits per heavy atom. The topological polar surface area (TPSA) is 107 Å². The van der Waals surface area contributed by atoms with Gasteiger partial charge in [-0.1, -0.05) is 6.07 Å². The number of nitrogens with two attached hydrogens (primary N) is 1. The second-order valence-electron chi connectivity index (χ2n) is 4.70. The summed E-state index contributed by atoms with van der Waals surface area (Å²) in [6.45, 7) is 2.48. The zero-order valence-corrected chi connectivity index (χ0v) is 11.3. The fourth-order valence-corrected chi connectivity index (χ4v) is 3.08. The lowest BCUT2D eigenvalue weighted by molar-refractivity contribution is -0.384. The third-order valence-electron chi connectivity index (χ3n) is 3.28. The first kappa shape index (κ1) is 13.8. The highest BCUT2D eigenvalue weighted by Gasteiger charge is 2.33. The Kier molecular flexibility index (Phi) is 3.46. The van der Waals surface area contributed by atoms with Crippen molar-refractivity contribution in [3.8, 4) is 0 Å². The maximum atomic E-state index is 11.3. The van der Waals surface area contributed by atoms with E-state index < -0.39 is 20.2 Å². The number of benzene rings is 1. The van der Waals surface area contributed by atoms with Crippen LogP contribution in [0.2, 0.25) is 0 Å². The molecule has 0 aromatic heterocycles. The van der Waals surface area contributed by atoms with Crippen molar-refractivity contribution < 1.29 is 13.3 Å². The van der Waals surface area contributed by atoms with Crippen molar-refractivity contribution in [2.24, 2.45) is 5.14 Å². The highest BCUT2D eigenvalue weighted by atomic mass is 32.2. The number of hydrogen-bond donors (Lipinski definition) is 1. The van der Waals surface area contributed by atoms with Crippen LogP contribution in [0.3, 0.4) is 0 Å². The van der Waals surface area contributed by atoms with E-state index in [1.807, 2.05) is 6.92 Å². The van der Waals surface area contributed by atoms with Crippen LogP contribution >= 0.6 is 0 Å². The standard InChI is InChI=1S/C11H15N3O4S/c1-8-2-3-10(14(15)16)11(6-8)13-5-4-9(7-13)19(12,17)18/h2-3,6,9H,4-5,7H2,1H3,(H2,12,17,18)/t9-/m0/s1. The van der Waals surface area contributed by atoms with Gasteiger partial charge < -0.3 is 4.90 Å². The predicted octanol–water partition coefficient (Wildman–Crippen LogP) is 0.770. The summed E-state index contributed by atoms with van der Waals surface area (Å²) in [4.78, 5) is 12.3. The van der Waals surface area contributed by atoms with Gasteiger partial charge in [-0.2, -0.15) is 0 Å². The number of primary sulfonamides is 1. The van der Waals surface area contributed by atoms with Crippen LogP contribution in [0, 0.1) is 17.0 Å². The summed E-state index contributed by atoms with van der Waals surface area (Å²) in [6.07, 6.45) is 0.393. The van der Waals surface area contributed by atoms with Crippen molar-refractivity contribution in [2.45, 2.75) is 18.6 Å². The molecule has 8 heteroatoms. The van der Waals surface area contributed by atoms with Gasteiger partial charge in [0.05, 0.1) is 10.2 Å². The molecule has 0 bridgehead atoms. The highest BCUT2D eigenvalue weighted by molar-refractivity contribution is 7.89. The molecule has 0 saturated carbocycles. The van der Waals surface area contributed by atoms with Crippen LogP contribution in [-0.2, 0) is 10.0 Å². The molecule has 1 fully saturated rings. The quantitative estimate of drug-likeness (QED) is 0.652. The van der Waals surface area contributed by atoms with Gasteiger partial charge in [0, 0.05) is 19.2 Å². The predicted molar refractivity (Wildman–Crippen MR) is 71.6 cm³/mol. The molecule has 1 aromatic rings. The number of sulfonamides is 1. The van der Waals surface area contributed by atoms with E-state index in [4.69, 9.17) is 5.14 Å². The molecule has 1 aliphatic heterocycles. The summed E-state index contributed by atoms with van der Waals surface area (Å²) in [5, 5.41) is 15.5. The lowest BCUT2D eigenvalue weighted by Gasteiger charge is -2.18. The Labute approximate surface area is 111 Å². The maximum absolute atomic E-state index is 11.3. The third-order valence-corrected chi connectivity index (χ3v) is 4.59. The van der Waals surface area contributed by atoms with Gasteiger partial charge >= 0.3 is 0 Å². The minimum Gasteiger partial charge on any atom is -0.365 e. The van der Waals surface area contributed by atoms with E-state index in [2.05, 4.69) is 0 Å². The molecular weight excluding hydrogens is 270 g/mol. The number of nitro groups is 1. The summed E-state index contributed by atoms with van der Waals surface area (Å²) in [5.41, 5.74) is 1.33. The molecule has 1 aliphatic rings. The summed E-state index contributed by atoms with van der Waals surface area (Å²) < 4.78 is 22.6. The van der Waals surface area contributed by atoms with Gasteiger partial charge in [0.2, 0.25) is 10.0 Å². The lowest BCUT2D eigenvalue weighted by Crippen LogP contribution is -2.31. The summed E-state index contributed by atoms with van der Waals surface area (Å²) in [6, 6.07) is 4.80. The van der Waals surface area contributed by atoms with Crippen molar-refractivity contribution >= 4 is 21.4 Å². The first-order chi connectivity index (χ1) is 8.79. The molecule has 104 valence electrons. The van der Waals surface area contributed by atoms with Crippen LogP contribution in [0.4, 0.5) is 11.4 Å². The van der Waals surface area contributed by atoms with E-state index in [1.165, 1.54) is 6.07 Å². The van der Waals surface area contributed by atoms with Crippen molar-refractivity contribution in [3.05, 3.63) is 33.9 Å². The molecule has 1 atom stereocenters. The fraction of sp³-hybridized carbons (Fsp3) is 0.455. The molecule has 0 amide bonds. The number of nitrogens with zero attached hydrogens (tertiary/aromatic N) is 2. The van der Waals surface area contributed by atoms with Gasteiger partial charge in [-0.3, -0.25) is 10.1 Å². The minimum absolute atomic E-state index is 0.0133. The van der Waals surface area contributed by atoms with E-state index in [-0.39, 0.29) is 12.2 Å². The smallest absolute Gasteiger partial charge is 0.292 e. The first-order valence-electron chi connectivity index (χ1n) is 5.80. The molecule has 2 rings (SSSR count). The monoisotopic (exact) mass is 285 g/mol. The molecule has 1 saturated heterocycles. The van der Waals surface area contributed by atoms with Crippen LogP contribution in [0.25, 0.3) is 0 Å². The minimum atomic E-state index is -3.60. The molecule has 1 aromatic carbocycles. The molecule has 0 aliphatic carbocycles. The van der Waals surface area contributed by atoms with Crippen LogP contribution in [-0.4, -0.2) is 31.7 Å². The molecule has 1 heterocycles. The van der Waals surface area contributed by atoms with Crippen molar-refractivity contribution in [2.75, 3.05) is 18.0 Å². The zero-order valence-electron chi connectivity index (χ0n) is 10.4. The Balaban J connectivity index is 2.34. The summed E-state index contributed by atoms with van der Waals surface area (Å²) >= 11 is 0. The van der Waals surface area contributed by atoms with E-state index in [1.54, 1.807) is 17.0 Å². The number of aryl methyl sites for hydroxylation is 1. The van der Waals surface area contributed by atoms with E-state index in [0.29, 0.717) is 18.7 Å². The first-order valence-corrected chi connectivity index (χ1v) is 7.41. The Hall–Kier alpha value is -1.67. The fourth-order valence-electron chi connectivity index (χ4n) is 2.26.